The molecule has 1 atom stereocenters. The quantitative estimate of drug-likeness (QED) is 0.682. The van der Waals surface area contributed by atoms with Gasteiger partial charge in [0.15, 0.2) is 0 Å². The molecule has 0 saturated heterocycles. The summed E-state index contributed by atoms with van der Waals surface area (Å²) in [7, 11) is 1.52. The van der Waals surface area contributed by atoms with Crippen LogP contribution >= 0.6 is 0 Å². The summed E-state index contributed by atoms with van der Waals surface area (Å²) in [6.45, 7) is -1.17. The summed E-state index contributed by atoms with van der Waals surface area (Å²) in [5.41, 5.74) is 2.11. The summed E-state index contributed by atoms with van der Waals surface area (Å²) < 4.78 is 39.1. The molecule has 0 radical (unpaired) electrons. The van der Waals surface area contributed by atoms with Gasteiger partial charge in [-0.25, -0.2) is 4.68 Å². The fourth-order valence-corrected chi connectivity index (χ4v) is 3.71. The van der Waals surface area contributed by atoms with Gasteiger partial charge >= 0.3 is 6.18 Å². The van der Waals surface area contributed by atoms with Gasteiger partial charge in [-0.05, 0) is 24.5 Å². The van der Waals surface area contributed by atoms with Crippen molar-refractivity contribution in [1.29, 1.82) is 0 Å². The van der Waals surface area contributed by atoms with Crippen molar-refractivity contribution < 1.29 is 23.1 Å². The van der Waals surface area contributed by atoms with Gasteiger partial charge in [-0.15, -0.1) is 0 Å². The van der Waals surface area contributed by atoms with Gasteiger partial charge in [0.25, 0.3) is 5.91 Å². The molecule has 3 heterocycles. The van der Waals surface area contributed by atoms with Crippen LogP contribution < -0.4 is 4.90 Å². The molecule has 29 heavy (non-hydrogen) atoms. The van der Waals surface area contributed by atoms with Crippen LogP contribution in [0.2, 0.25) is 0 Å². The van der Waals surface area contributed by atoms with Gasteiger partial charge in [-0.3, -0.25) is 9.69 Å². The molecular weight excluding hydrogens is 387 g/mol. The SMILES string of the molecule is CN1c2cnn(CC(F)(F)F)c2C(=O)N(CCCc2c[nH]c3ccccc23)C1O. The number of aromatic amines is 1. The van der Waals surface area contributed by atoms with Crippen molar-refractivity contribution in [3.8, 4) is 0 Å². The number of halogens is 3. The van der Waals surface area contributed by atoms with Crippen LogP contribution in [0.25, 0.3) is 10.9 Å². The number of aromatic nitrogens is 3. The number of alkyl halides is 3. The number of benzene rings is 1. The predicted octanol–water partition coefficient (Wildman–Crippen LogP) is 2.73. The van der Waals surface area contributed by atoms with Crippen molar-refractivity contribution in [3.63, 3.8) is 0 Å². The lowest BCUT2D eigenvalue weighted by molar-refractivity contribution is -0.142. The number of para-hydroxylation sites is 1. The van der Waals surface area contributed by atoms with E-state index in [1.54, 1.807) is 0 Å². The van der Waals surface area contributed by atoms with E-state index in [4.69, 9.17) is 0 Å². The number of carbonyl (C=O) groups is 1. The Morgan fingerprint density at radius 1 is 1.28 bits per heavy atom. The average molecular weight is 407 g/mol. The minimum Gasteiger partial charge on any atom is -0.361 e. The van der Waals surface area contributed by atoms with Gasteiger partial charge in [0.1, 0.15) is 12.2 Å². The van der Waals surface area contributed by atoms with Crippen LogP contribution in [0.15, 0.2) is 36.7 Å². The fourth-order valence-electron chi connectivity index (χ4n) is 3.71. The lowest BCUT2D eigenvalue weighted by atomic mass is 10.1. The predicted molar refractivity (Wildman–Crippen MR) is 100 cm³/mol. The van der Waals surface area contributed by atoms with Crippen molar-refractivity contribution in [2.24, 2.45) is 0 Å². The molecule has 0 fully saturated rings. The number of hydrogen-bond acceptors (Lipinski definition) is 4. The molecule has 1 unspecified atom stereocenters. The first kappa shape index (κ1) is 19.3. The van der Waals surface area contributed by atoms with Crippen LogP contribution in [0.3, 0.4) is 0 Å². The first-order chi connectivity index (χ1) is 13.8. The van der Waals surface area contributed by atoms with E-state index in [-0.39, 0.29) is 17.9 Å². The first-order valence-corrected chi connectivity index (χ1v) is 9.15. The number of amides is 1. The highest BCUT2D eigenvalue weighted by molar-refractivity contribution is 6.00. The molecule has 2 aromatic heterocycles. The van der Waals surface area contributed by atoms with Gasteiger partial charge in [0.05, 0.1) is 11.9 Å². The van der Waals surface area contributed by atoms with Gasteiger partial charge in [-0.2, -0.15) is 18.3 Å². The number of aliphatic hydroxyl groups is 1. The van der Waals surface area contributed by atoms with E-state index in [1.165, 1.54) is 23.0 Å². The van der Waals surface area contributed by atoms with Crippen LogP contribution in [0, 0.1) is 0 Å². The standard InChI is InChI=1S/C19H20F3N5O2/c1-25-15-10-24-27(11-19(20,21)22)16(15)17(28)26(18(25)29)8-4-5-12-9-23-14-7-3-2-6-13(12)14/h2-3,6-7,9-10,18,23,29H,4-5,8,11H2,1H3. The van der Waals surface area contributed by atoms with E-state index < -0.39 is 25.0 Å². The van der Waals surface area contributed by atoms with Crippen molar-refractivity contribution in [3.05, 3.63) is 47.9 Å². The van der Waals surface area contributed by atoms with Crippen molar-refractivity contribution >= 4 is 22.5 Å². The van der Waals surface area contributed by atoms with Gasteiger partial charge in [0.2, 0.25) is 6.35 Å². The minimum atomic E-state index is -4.51. The number of aryl methyl sites for hydroxylation is 1. The number of rotatable bonds is 5. The molecule has 1 aromatic carbocycles. The summed E-state index contributed by atoms with van der Waals surface area (Å²) in [6, 6.07) is 7.84. The van der Waals surface area contributed by atoms with Crippen LogP contribution in [0.1, 0.15) is 22.5 Å². The summed E-state index contributed by atoms with van der Waals surface area (Å²) in [5, 5.41) is 15.3. The lowest BCUT2D eigenvalue weighted by Gasteiger charge is -2.39. The zero-order valence-corrected chi connectivity index (χ0v) is 15.6. The minimum absolute atomic E-state index is 0.165. The molecule has 1 aliphatic rings. The second kappa shape index (κ2) is 7.11. The van der Waals surface area contributed by atoms with Crippen LogP contribution in [0.5, 0.6) is 0 Å². The molecule has 3 aromatic rings. The van der Waals surface area contributed by atoms with E-state index in [2.05, 4.69) is 10.1 Å². The summed E-state index contributed by atoms with van der Waals surface area (Å²) in [4.78, 5) is 18.6. The maximum Gasteiger partial charge on any atom is 0.408 e. The first-order valence-electron chi connectivity index (χ1n) is 9.15. The second-order valence-electron chi connectivity index (χ2n) is 7.07. The topological polar surface area (TPSA) is 77.4 Å². The highest BCUT2D eigenvalue weighted by Crippen LogP contribution is 2.31. The third-order valence-corrected chi connectivity index (χ3v) is 5.14. The number of nitrogens with zero attached hydrogens (tertiary/aromatic N) is 4. The highest BCUT2D eigenvalue weighted by atomic mass is 19.4. The number of H-pyrrole nitrogens is 1. The molecule has 0 bridgehead atoms. The van der Waals surface area contributed by atoms with Gasteiger partial charge in [0, 0.05) is 30.7 Å². The Balaban J connectivity index is 1.51. The third kappa shape index (κ3) is 3.55. The van der Waals surface area contributed by atoms with Gasteiger partial charge in [-0.1, -0.05) is 18.2 Å². The van der Waals surface area contributed by atoms with E-state index >= 15 is 0 Å². The van der Waals surface area contributed by atoms with Crippen molar-refractivity contribution in [2.45, 2.75) is 31.9 Å². The molecule has 7 nitrogen and oxygen atoms in total. The number of fused-ring (bicyclic) bond motifs is 2. The van der Waals surface area contributed by atoms with Crippen molar-refractivity contribution in [1.82, 2.24) is 19.7 Å². The molecule has 10 heteroatoms. The largest absolute Gasteiger partial charge is 0.408 e. The Bertz CT molecular complexity index is 1040. The van der Waals surface area contributed by atoms with E-state index in [0.29, 0.717) is 17.5 Å². The zero-order valence-electron chi connectivity index (χ0n) is 15.6. The molecule has 0 aliphatic carbocycles. The fraction of sp³-hybridized carbons (Fsp3) is 0.368. The molecule has 2 N–H and O–H groups in total. The summed E-state index contributed by atoms with van der Waals surface area (Å²) in [6.07, 6.45) is -1.50. The molecular formula is C19H20F3N5O2. The Morgan fingerprint density at radius 3 is 2.79 bits per heavy atom. The second-order valence-corrected chi connectivity index (χ2v) is 7.07. The summed E-state index contributed by atoms with van der Waals surface area (Å²) >= 11 is 0. The smallest absolute Gasteiger partial charge is 0.361 e. The zero-order chi connectivity index (χ0) is 20.8. The number of nitrogens with one attached hydrogen (secondary N) is 1. The molecule has 0 spiro atoms. The highest BCUT2D eigenvalue weighted by Gasteiger charge is 2.40. The summed E-state index contributed by atoms with van der Waals surface area (Å²) in [5.74, 6) is -0.661. The Kier molecular flexibility index (Phi) is 4.73. The monoisotopic (exact) mass is 407 g/mol. The number of aliphatic hydroxyl groups excluding tert-OH is 1. The molecule has 1 amide bonds. The normalized spacial score (nSPS) is 17.3. The van der Waals surface area contributed by atoms with E-state index in [1.807, 2.05) is 30.5 Å². The molecule has 0 saturated carbocycles. The maximum absolute atomic E-state index is 12.9. The van der Waals surface area contributed by atoms with E-state index in [0.717, 1.165) is 16.5 Å². The lowest BCUT2D eigenvalue weighted by Crippen LogP contribution is -2.54. The maximum atomic E-state index is 12.9. The van der Waals surface area contributed by atoms with Gasteiger partial charge < -0.3 is 15.0 Å². The van der Waals surface area contributed by atoms with Crippen LogP contribution in [-0.4, -0.2) is 56.8 Å². The Hall–Kier alpha value is -3.01. The van der Waals surface area contributed by atoms with E-state index in [9.17, 15) is 23.1 Å². The average Bonchev–Trinajstić information content (AvgIpc) is 3.26. The molecule has 4 rings (SSSR count). The molecule has 154 valence electrons. The number of carbonyl (C=O) groups excluding carboxylic acids is 1. The Labute approximate surface area is 164 Å². The third-order valence-electron chi connectivity index (χ3n) is 5.14. The Morgan fingerprint density at radius 2 is 2.03 bits per heavy atom. The van der Waals surface area contributed by atoms with Crippen LogP contribution in [-0.2, 0) is 13.0 Å². The number of hydrogen-bond donors (Lipinski definition) is 2. The number of anilines is 1. The van der Waals surface area contributed by atoms with Crippen molar-refractivity contribution in [2.75, 3.05) is 18.5 Å². The van der Waals surface area contributed by atoms with Crippen LogP contribution in [0.4, 0.5) is 18.9 Å². The molecule has 1 aliphatic heterocycles.